The topological polar surface area (TPSA) is 43.4 Å². The lowest BCUT2D eigenvalue weighted by molar-refractivity contribution is -0.0902. The van der Waals surface area contributed by atoms with Crippen LogP contribution in [0.1, 0.15) is 37.8 Å². The summed E-state index contributed by atoms with van der Waals surface area (Å²) in [6.45, 7) is 4.65. The van der Waals surface area contributed by atoms with Crippen molar-refractivity contribution in [2.75, 3.05) is 19.8 Å². The molecule has 104 valence electrons. The summed E-state index contributed by atoms with van der Waals surface area (Å²) in [6, 6.07) is 5.01. The highest BCUT2D eigenvalue weighted by atomic mass is 16.6. The summed E-state index contributed by atoms with van der Waals surface area (Å²) >= 11 is 0. The highest BCUT2D eigenvalue weighted by Gasteiger charge is 2.41. The molecule has 3 atom stereocenters. The van der Waals surface area contributed by atoms with Crippen LogP contribution < -0.4 is 5.32 Å². The number of rotatable bonds is 3. The lowest BCUT2D eigenvalue weighted by Crippen LogP contribution is -2.48. The molecular weight excluding hydrogens is 240 g/mol. The molecule has 19 heavy (non-hydrogen) atoms. The molecule has 2 aliphatic rings. The second kappa shape index (κ2) is 5.57. The fraction of sp³-hybridized carbons (Fsp3) is 0.667. The molecule has 2 unspecified atom stereocenters. The van der Waals surface area contributed by atoms with Crippen molar-refractivity contribution in [3.63, 3.8) is 0 Å². The van der Waals surface area contributed by atoms with Gasteiger partial charge in [-0.2, -0.15) is 0 Å². The normalized spacial score (nSPS) is 32.6. The monoisotopic (exact) mass is 262 g/mol. The summed E-state index contributed by atoms with van der Waals surface area (Å²) in [5, 5.41) is 3.72. The van der Waals surface area contributed by atoms with Crippen molar-refractivity contribution in [1.82, 2.24) is 10.3 Å². The van der Waals surface area contributed by atoms with Crippen molar-refractivity contribution in [3.05, 3.63) is 30.1 Å². The van der Waals surface area contributed by atoms with Crippen molar-refractivity contribution < 1.29 is 9.47 Å². The average molecular weight is 262 g/mol. The number of ether oxygens (including phenoxy) is 2. The largest absolute Gasteiger partial charge is 0.378 e. The first-order valence-corrected chi connectivity index (χ1v) is 7.15. The van der Waals surface area contributed by atoms with E-state index in [0.717, 1.165) is 39.1 Å². The van der Waals surface area contributed by atoms with Gasteiger partial charge in [0.2, 0.25) is 0 Å². The molecule has 0 amide bonds. The van der Waals surface area contributed by atoms with Gasteiger partial charge in [0, 0.05) is 44.1 Å². The Morgan fingerprint density at radius 1 is 1.37 bits per heavy atom. The number of aromatic nitrogens is 1. The van der Waals surface area contributed by atoms with Gasteiger partial charge in [-0.3, -0.25) is 4.98 Å². The molecule has 2 fully saturated rings. The van der Waals surface area contributed by atoms with Gasteiger partial charge in [0.25, 0.3) is 0 Å². The Hall–Kier alpha value is -0.970. The quantitative estimate of drug-likeness (QED) is 0.905. The first-order valence-electron chi connectivity index (χ1n) is 7.15. The molecule has 0 bridgehead atoms. The van der Waals surface area contributed by atoms with Crippen LogP contribution in [-0.2, 0) is 9.47 Å². The van der Waals surface area contributed by atoms with E-state index in [4.69, 9.17) is 9.47 Å². The van der Waals surface area contributed by atoms with E-state index in [1.165, 1.54) is 5.56 Å². The Morgan fingerprint density at radius 2 is 2.21 bits per heavy atom. The minimum atomic E-state index is -0.0200. The maximum absolute atomic E-state index is 5.97. The highest BCUT2D eigenvalue weighted by Crippen LogP contribution is 2.33. The fourth-order valence-corrected chi connectivity index (χ4v) is 3.14. The van der Waals surface area contributed by atoms with Crippen LogP contribution in [-0.4, -0.2) is 36.4 Å². The maximum Gasteiger partial charge on any atom is 0.0951 e. The number of hydrogen-bond acceptors (Lipinski definition) is 4. The third-order valence-electron chi connectivity index (χ3n) is 4.25. The van der Waals surface area contributed by atoms with E-state index >= 15 is 0 Å². The van der Waals surface area contributed by atoms with Gasteiger partial charge in [-0.25, -0.2) is 0 Å². The van der Waals surface area contributed by atoms with E-state index in [0.29, 0.717) is 12.1 Å². The molecule has 1 spiro atoms. The number of hydrogen-bond donors (Lipinski definition) is 1. The van der Waals surface area contributed by atoms with E-state index in [2.05, 4.69) is 29.4 Å². The number of nitrogens with one attached hydrogen (secondary N) is 1. The fourth-order valence-electron chi connectivity index (χ4n) is 3.14. The molecule has 2 aliphatic heterocycles. The minimum Gasteiger partial charge on any atom is -0.378 e. The molecule has 2 saturated heterocycles. The first-order chi connectivity index (χ1) is 9.27. The van der Waals surface area contributed by atoms with E-state index in [9.17, 15) is 0 Å². The summed E-state index contributed by atoms with van der Waals surface area (Å²) in [6.07, 6.45) is 6.88. The number of nitrogens with zero attached hydrogens (tertiary/aromatic N) is 1. The Bertz CT molecular complexity index is 404. The summed E-state index contributed by atoms with van der Waals surface area (Å²) in [5.41, 5.74) is 1.27. The second-order valence-corrected chi connectivity index (χ2v) is 5.69. The van der Waals surface area contributed by atoms with Gasteiger partial charge in [-0.05, 0) is 37.5 Å². The van der Waals surface area contributed by atoms with Crippen LogP contribution in [0.2, 0.25) is 0 Å². The third-order valence-corrected chi connectivity index (χ3v) is 4.25. The Balaban J connectivity index is 1.60. The van der Waals surface area contributed by atoms with Crippen LogP contribution in [0.5, 0.6) is 0 Å². The van der Waals surface area contributed by atoms with Gasteiger partial charge in [0.1, 0.15) is 0 Å². The van der Waals surface area contributed by atoms with E-state index in [1.54, 1.807) is 0 Å². The maximum atomic E-state index is 5.97. The lowest BCUT2D eigenvalue weighted by atomic mass is 9.89. The second-order valence-electron chi connectivity index (χ2n) is 5.69. The molecule has 0 radical (unpaired) electrons. The third kappa shape index (κ3) is 2.96. The van der Waals surface area contributed by atoms with Gasteiger partial charge in [0.15, 0.2) is 0 Å². The van der Waals surface area contributed by atoms with Crippen molar-refractivity contribution in [2.24, 2.45) is 0 Å². The molecular formula is C15H22N2O2. The zero-order chi connectivity index (χ0) is 13.1. The van der Waals surface area contributed by atoms with Crippen LogP contribution in [0.4, 0.5) is 0 Å². The zero-order valence-corrected chi connectivity index (χ0v) is 11.5. The van der Waals surface area contributed by atoms with Crippen molar-refractivity contribution in [1.29, 1.82) is 0 Å². The van der Waals surface area contributed by atoms with Crippen LogP contribution >= 0.6 is 0 Å². The SMILES string of the molecule is C[C@H](NC1CCOC2(CCOC2)C1)c1ccncc1. The summed E-state index contributed by atoms with van der Waals surface area (Å²) < 4.78 is 11.5. The van der Waals surface area contributed by atoms with Crippen LogP contribution in [0, 0.1) is 0 Å². The predicted molar refractivity (Wildman–Crippen MR) is 72.9 cm³/mol. The Kier molecular flexibility index (Phi) is 3.82. The molecule has 3 heterocycles. The molecule has 1 aromatic heterocycles. The summed E-state index contributed by atoms with van der Waals surface area (Å²) in [5.74, 6) is 0. The highest BCUT2D eigenvalue weighted by molar-refractivity contribution is 5.14. The Morgan fingerprint density at radius 3 is 2.95 bits per heavy atom. The van der Waals surface area contributed by atoms with Gasteiger partial charge < -0.3 is 14.8 Å². The van der Waals surface area contributed by atoms with Crippen LogP contribution in [0.3, 0.4) is 0 Å². The minimum absolute atomic E-state index is 0.0200. The van der Waals surface area contributed by atoms with E-state index in [-0.39, 0.29) is 5.60 Å². The predicted octanol–water partition coefficient (Wildman–Crippen LogP) is 2.07. The summed E-state index contributed by atoms with van der Waals surface area (Å²) in [4.78, 5) is 4.07. The molecule has 4 heteroatoms. The van der Waals surface area contributed by atoms with Crippen molar-refractivity contribution in [2.45, 2.75) is 43.9 Å². The van der Waals surface area contributed by atoms with Crippen LogP contribution in [0.25, 0.3) is 0 Å². The standard InChI is InChI=1S/C15H22N2O2/c1-12(13-2-6-16-7-3-13)17-14-4-8-19-15(10-14)5-9-18-11-15/h2-3,6-7,12,14,17H,4-5,8-11H2,1H3/t12-,14?,15?/m0/s1. The molecule has 0 saturated carbocycles. The first kappa shape index (κ1) is 13.0. The summed E-state index contributed by atoms with van der Waals surface area (Å²) in [7, 11) is 0. The lowest BCUT2D eigenvalue weighted by Gasteiger charge is -2.38. The number of pyridine rings is 1. The average Bonchev–Trinajstić information content (AvgIpc) is 2.88. The molecule has 4 nitrogen and oxygen atoms in total. The molecule has 0 aliphatic carbocycles. The van der Waals surface area contributed by atoms with Crippen molar-refractivity contribution in [3.8, 4) is 0 Å². The molecule has 3 rings (SSSR count). The van der Waals surface area contributed by atoms with Crippen LogP contribution in [0.15, 0.2) is 24.5 Å². The van der Waals surface area contributed by atoms with Gasteiger partial charge in [-0.15, -0.1) is 0 Å². The van der Waals surface area contributed by atoms with Gasteiger partial charge in [0.05, 0.1) is 12.2 Å². The molecule has 1 aromatic rings. The zero-order valence-electron chi connectivity index (χ0n) is 11.5. The molecule has 0 aromatic carbocycles. The van der Waals surface area contributed by atoms with E-state index < -0.39 is 0 Å². The van der Waals surface area contributed by atoms with E-state index in [1.807, 2.05) is 12.4 Å². The van der Waals surface area contributed by atoms with Gasteiger partial charge in [-0.1, -0.05) is 0 Å². The molecule has 1 N–H and O–H groups in total. The smallest absolute Gasteiger partial charge is 0.0951 e. The van der Waals surface area contributed by atoms with Crippen molar-refractivity contribution >= 4 is 0 Å². The Labute approximate surface area is 114 Å². The van der Waals surface area contributed by atoms with Gasteiger partial charge >= 0.3 is 0 Å².